The van der Waals surface area contributed by atoms with Crippen LogP contribution in [0.4, 0.5) is 4.79 Å². The number of ether oxygens (including phenoxy) is 1. The third kappa shape index (κ3) is 5.82. The van der Waals surface area contributed by atoms with Crippen molar-refractivity contribution < 1.29 is 24.2 Å². The number of amides is 2. The van der Waals surface area contributed by atoms with Gasteiger partial charge in [-0.1, -0.05) is 6.07 Å². The number of esters is 1. The molecule has 1 aromatic heterocycles. The van der Waals surface area contributed by atoms with Crippen LogP contribution in [0.2, 0.25) is 0 Å². The van der Waals surface area contributed by atoms with Crippen LogP contribution in [-0.2, 0) is 14.3 Å². The molecule has 0 bridgehead atoms. The van der Waals surface area contributed by atoms with Crippen LogP contribution in [0, 0.1) is 0 Å². The SMILES string of the molecule is COC(=O)CC[C@@H](NC(=O)NC(C)c1cccs1)C(=O)O. The average molecular weight is 314 g/mol. The highest BCUT2D eigenvalue weighted by molar-refractivity contribution is 7.10. The van der Waals surface area contributed by atoms with Crippen LogP contribution in [0.3, 0.4) is 0 Å². The van der Waals surface area contributed by atoms with Gasteiger partial charge >= 0.3 is 18.0 Å². The predicted molar refractivity (Wildman–Crippen MR) is 77.1 cm³/mol. The largest absolute Gasteiger partial charge is 0.480 e. The van der Waals surface area contributed by atoms with E-state index in [1.807, 2.05) is 17.5 Å². The van der Waals surface area contributed by atoms with Gasteiger partial charge in [-0.2, -0.15) is 0 Å². The molecule has 1 aromatic rings. The highest BCUT2D eigenvalue weighted by Gasteiger charge is 2.22. The Hall–Kier alpha value is -2.09. The van der Waals surface area contributed by atoms with Gasteiger partial charge in [0, 0.05) is 11.3 Å². The van der Waals surface area contributed by atoms with E-state index < -0.39 is 24.0 Å². The van der Waals surface area contributed by atoms with Gasteiger partial charge in [0.1, 0.15) is 6.04 Å². The minimum Gasteiger partial charge on any atom is -0.480 e. The van der Waals surface area contributed by atoms with Gasteiger partial charge in [-0.25, -0.2) is 9.59 Å². The van der Waals surface area contributed by atoms with E-state index in [1.54, 1.807) is 6.92 Å². The summed E-state index contributed by atoms with van der Waals surface area (Å²) in [5, 5.41) is 15.9. The number of hydrogen-bond acceptors (Lipinski definition) is 5. The van der Waals surface area contributed by atoms with Crippen molar-refractivity contribution in [1.29, 1.82) is 0 Å². The first kappa shape index (κ1) is 17.0. The zero-order valence-corrected chi connectivity index (χ0v) is 12.6. The van der Waals surface area contributed by atoms with E-state index in [0.29, 0.717) is 0 Å². The number of carbonyl (C=O) groups excluding carboxylic acids is 2. The summed E-state index contributed by atoms with van der Waals surface area (Å²) >= 11 is 1.50. The van der Waals surface area contributed by atoms with Crippen molar-refractivity contribution in [3.63, 3.8) is 0 Å². The zero-order chi connectivity index (χ0) is 15.8. The maximum atomic E-state index is 11.8. The smallest absolute Gasteiger partial charge is 0.326 e. The molecule has 7 nitrogen and oxygen atoms in total. The van der Waals surface area contributed by atoms with Gasteiger partial charge in [-0.15, -0.1) is 11.3 Å². The second-order valence-electron chi connectivity index (χ2n) is 4.36. The first-order valence-electron chi connectivity index (χ1n) is 6.34. The first-order chi connectivity index (χ1) is 9.93. The van der Waals surface area contributed by atoms with Gasteiger partial charge in [0.05, 0.1) is 13.2 Å². The van der Waals surface area contributed by atoms with Crippen LogP contribution in [-0.4, -0.2) is 36.2 Å². The number of carbonyl (C=O) groups is 3. The third-order valence-electron chi connectivity index (χ3n) is 2.79. The number of thiophene rings is 1. The topological polar surface area (TPSA) is 105 Å². The van der Waals surface area contributed by atoms with Crippen molar-refractivity contribution in [3.05, 3.63) is 22.4 Å². The molecule has 0 spiro atoms. The second kappa shape index (κ2) is 8.25. The summed E-state index contributed by atoms with van der Waals surface area (Å²) in [5.41, 5.74) is 0. The maximum absolute atomic E-state index is 11.8. The lowest BCUT2D eigenvalue weighted by Crippen LogP contribution is -2.46. The molecule has 0 saturated heterocycles. The molecule has 0 fully saturated rings. The van der Waals surface area contributed by atoms with Crippen LogP contribution in [0.1, 0.15) is 30.7 Å². The van der Waals surface area contributed by atoms with Crippen LogP contribution in [0.15, 0.2) is 17.5 Å². The van der Waals surface area contributed by atoms with Crippen LogP contribution in [0.25, 0.3) is 0 Å². The molecule has 0 radical (unpaired) electrons. The number of carboxylic acids is 1. The van der Waals surface area contributed by atoms with Gasteiger partial charge < -0.3 is 20.5 Å². The zero-order valence-electron chi connectivity index (χ0n) is 11.8. The van der Waals surface area contributed by atoms with Crippen LogP contribution >= 0.6 is 11.3 Å². The van der Waals surface area contributed by atoms with Crippen molar-refractivity contribution in [3.8, 4) is 0 Å². The maximum Gasteiger partial charge on any atom is 0.326 e. The molecule has 3 N–H and O–H groups in total. The quantitative estimate of drug-likeness (QED) is 0.662. The fourth-order valence-electron chi connectivity index (χ4n) is 1.63. The first-order valence-corrected chi connectivity index (χ1v) is 7.22. The van der Waals surface area contributed by atoms with E-state index in [4.69, 9.17) is 5.11 Å². The molecule has 8 heteroatoms. The molecule has 2 atom stereocenters. The lowest BCUT2D eigenvalue weighted by Gasteiger charge is -2.17. The minimum atomic E-state index is -1.20. The van der Waals surface area contributed by atoms with E-state index in [9.17, 15) is 14.4 Å². The highest BCUT2D eigenvalue weighted by Crippen LogP contribution is 2.17. The van der Waals surface area contributed by atoms with E-state index in [2.05, 4.69) is 15.4 Å². The van der Waals surface area contributed by atoms with Gasteiger partial charge in [0.25, 0.3) is 0 Å². The second-order valence-corrected chi connectivity index (χ2v) is 5.34. The Balaban J connectivity index is 2.48. The highest BCUT2D eigenvalue weighted by atomic mass is 32.1. The Morgan fingerprint density at radius 2 is 2.10 bits per heavy atom. The van der Waals surface area contributed by atoms with E-state index in [0.717, 1.165) is 4.88 Å². The molecule has 116 valence electrons. The Morgan fingerprint density at radius 3 is 2.62 bits per heavy atom. The standard InChI is InChI=1S/C13H18N2O5S/c1-8(10-4-3-7-21-10)14-13(19)15-9(12(17)18)5-6-11(16)20-2/h3-4,7-9H,5-6H2,1-2H3,(H,17,18)(H2,14,15,19)/t8?,9-/m1/s1. The van der Waals surface area contributed by atoms with Crippen molar-refractivity contribution in [1.82, 2.24) is 10.6 Å². The molecular formula is C13H18N2O5S. The molecular weight excluding hydrogens is 296 g/mol. The Kier molecular flexibility index (Phi) is 6.67. The Bertz CT molecular complexity index is 489. The summed E-state index contributed by atoms with van der Waals surface area (Å²) in [4.78, 5) is 34.8. The number of rotatable bonds is 7. The van der Waals surface area contributed by atoms with Crippen molar-refractivity contribution in [2.75, 3.05) is 7.11 Å². The fourth-order valence-corrected chi connectivity index (χ4v) is 2.36. The summed E-state index contributed by atoms with van der Waals surface area (Å²) in [7, 11) is 1.22. The third-order valence-corrected chi connectivity index (χ3v) is 3.84. The molecule has 0 aliphatic heterocycles. The molecule has 0 aromatic carbocycles. The average Bonchev–Trinajstić information content (AvgIpc) is 2.96. The van der Waals surface area contributed by atoms with E-state index >= 15 is 0 Å². The molecule has 1 heterocycles. The van der Waals surface area contributed by atoms with Crippen molar-refractivity contribution in [2.45, 2.75) is 31.8 Å². The molecule has 0 saturated carbocycles. The number of hydrogen-bond donors (Lipinski definition) is 3. The molecule has 21 heavy (non-hydrogen) atoms. The van der Waals surface area contributed by atoms with E-state index in [-0.39, 0.29) is 18.9 Å². The molecule has 0 aliphatic rings. The van der Waals surface area contributed by atoms with Gasteiger partial charge in [0.2, 0.25) is 0 Å². The number of carboxylic acid groups (broad SMARTS) is 1. The summed E-state index contributed by atoms with van der Waals surface area (Å²) in [6.07, 6.45) is -0.100. The molecule has 0 aliphatic carbocycles. The number of nitrogens with one attached hydrogen (secondary N) is 2. The van der Waals surface area contributed by atoms with Gasteiger partial charge in [-0.05, 0) is 24.8 Å². The number of aliphatic carboxylic acids is 1. The van der Waals surface area contributed by atoms with Crippen LogP contribution < -0.4 is 10.6 Å². The normalized spacial score (nSPS) is 13.0. The number of urea groups is 1. The molecule has 2 amide bonds. The van der Waals surface area contributed by atoms with E-state index in [1.165, 1.54) is 18.4 Å². The summed E-state index contributed by atoms with van der Waals surface area (Å²) in [5.74, 6) is -1.71. The summed E-state index contributed by atoms with van der Waals surface area (Å²) < 4.78 is 4.44. The lowest BCUT2D eigenvalue weighted by molar-refractivity contribution is -0.142. The predicted octanol–water partition coefficient (Wildman–Crippen LogP) is 1.51. The summed E-state index contributed by atoms with van der Waals surface area (Å²) in [6.45, 7) is 1.80. The van der Waals surface area contributed by atoms with Gasteiger partial charge in [0.15, 0.2) is 0 Å². The summed E-state index contributed by atoms with van der Waals surface area (Å²) in [6, 6.07) is 1.79. The fraction of sp³-hybridized carbons (Fsp3) is 0.462. The van der Waals surface area contributed by atoms with Gasteiger partial charge in [-0.3, -0.25) is 4.79 Å². The molecule has 1 unspecified atom stereocenters. The Labute approximate surface area is 126 Å². The Morgan fingerprint density at radius 1 is 1.38 bits per heavy atom. The lowest BCUT2D eigenvalue weighted by atomic mass is 10.1. The number of methoxy groups -OCH3 is 1. The van der Waals surface area contributed by atoms with Crippen molar-refractivity contribution >= 4 is 29.3 Å². The monoisotopic (exact) mass is 314 g/mol. The molecule has 1 rings (SSSR count). The van der Waals surface area contributed by atoms with Crippen molar-refractivity contribution in [2.24, 2.45) is 0 Å². The van der Waals surface area contributed by atoms with Crippen LogP contribution in [0.5, 0.6) is 0 Å². The minimum absolute atomic E-state index is 0.0250.